The summed E-state index contributed by atoms with van der Waals surface area (Å²) in [5.41, 5.74) is 2.24. The van der Waals surface area contributed by atoms with E-state index in [9.17, 15) is 24.4 Å². The number of nitrogens with zero attached hydrogens (tertiary/aromatic N) is 2. The predicted molar refractivity (Wildman–Crippen MR) is 121 cm³/mol. The van der Waals surface area contributed by atoms with Crippen molar-refractivity contribution in [2.45, 2.75) is 79.1 Å². The van der Waals surface area contributed by atoms with Gasteiger partial charge in [-0.1, -0.05) is 12.2 Å². The monoisotopic (exact) mass is 508 g/mol. The van der Waals surface area contributed by atoms with Gasteiger partial charge >= 0.3 is 23.9 Å². The number of hydrogen-bond donors (Lipinski definition) is 0. The number of pyridine rings is 1. The highest BCUT2D eigenvalue weighted by Gasteiger charge is 2.53. The smallest absolute Gasteiger partial charge is 0.303 e. The maximum absolute atomic E-state index is 12.1. The van der Waals surface area contributed by atoms with Crippen LogP contribution in [0.3, 0.4) is 0 Å². The van der Waals surface area contributed by atoms with Gasteiger partial charge in [0.15, 0.2) is 24.5 Å². The lowest BCUT2D eigenvalue weighted by atomic mass is 9.96. The zero-order valence-corrected chi connectivity index (χ0v) is 21.4. The minimum atomic E-state index is -1.34. The average molecular weight is 509 g/mol. The van der Waals surface area contributed by atoms with Gasteiger partial charge in [-0.15, -0.1) is 0 Å². The molecule has 0 amide bonds. The van der Waals surface area contributed by atoms with Gasteiger partial charge < -0.3 is 28.3 Å². The molecule has 11 nitrogen and oxygen atoms in total. The first-order chi connectivity index (χ1) is 16.3. The second-order valence-electron chi connectivity index (χ2n) is 8.09. The van der Waals surface area contributed by atoms with Crippen molar-refractivity contribution in [2.75, 3.05) is 6.61 Å². The van der Waals surface area contributed by atoms with Crippen molar-refractivity contribution < 1.29 is 42.9 Å². The van der Waals surface area contributed by atoms with Gasteiger partial charge in [0.25, 0.3) is 0 Å². The molecule has 1 fully saturated rings. The molecule has 1 aliphatic heterocycles. The highest BCUT2D eigenvalue weighted by atomic mass is 32.1. The molecule has 0 unspecified atom stereocenters. The molecule has 1 saturated heterocycles. The summed E-state index contributed by atoms with van der Waals surface area (Å²) in [5, 5.41) is 9.72. The van der Waals surface area contributed by atoms with Gasteiger partial charge in [-0.25, -0.2) is 0 Å². The third-order valence-corrected chi connectivity index (χ3v) is 6.01. The minimum Gasteiger partial charge on any atom is -0.463 e. The first-order valence-corrected chi connectivity index (χ1v) is 11.1. The number of ether oxygens (including phenoxy) is 5. The first-order valence-electron chi connectivity index (χ1n) is 10.7. The van der Waals surface area contributed by atoms with Crippen molar-refractivity contribution in [1.29, 1.82) is 5.26 Å². The van der Waals surface area contributed by atoms with E-state index in [0.717, 1.165) is 26.3 Å². The molecule has 5 atom stereocenters. The van der Waals surface area contributed by atoms with E-state index in [1.54, 1.807) is 20.8 Å². The molecule has 190 valence electrons. The molecule has 2 heterocycles. The summed E-state index contributed by atoms with van der Waals surface area (Å²) < 4.78 is 29.3. The first kappa shape index (κ1) is 27.9. The van der Waals surface area contributed by atoms with Crippen LogP contribution in [0.2, 0.25) is 0 Å². The van der Waals surface area contributed by atoms with Gasteiger partial charge in [0.1, 0.15) is 23.4 Å². The van der Waals surface area contributed by atoms with E-state index in [1.165, 1.54) is 11.5 Å². The van der Waals surface area contributed by atoms with Gasteiger partial charge in [0.2, 0.25) is 0 Å². The quantitative estimate of drug-likeness (QED) is 0.317. The second-order valence-corrected chi connectivity index (χ2v) is 8.47. The molecular weight excluding hydrogens is 480 g/mol. The lowest BCUT2D eigenvalue weighted by molar-refractivity contribution is -0.269. The minimum absolute atomic E-state index is 0.106. The van der Waals surface area contributed by atoms with E-state index in [-0.39, 0.29) is 16.8 Å². The van der Waals surface area contributed by atoms with Crippen molar-refractivity contribution in [3.8, 4) is 6.07 Å². The Hall–Kier alpha value is -3.30. The number of hydrogen-bond acceptors (Lipinski definition) is 11. The zero-order valence-electron chi connectivity index (χ0n) is 20.6. The Morgan fingerprint density at radius 1 is 0.886 bits per heavy atom. The Kier molecular flexibility index (Phi) is 9.12. The topological polar surface area (TPSA) is 143 Å². The van der Waals surface area contributed by atoms with E-state index in [1.807, 2.05) is 0 Å². The molecular formula is C23H28N2O9S. The summed E-state index contributed by atoms with van der Waals surface area (Å²) in [6, 6.07) is 2.08. The molecule has 1 aliphatic rings. The number of carbonyl (C=O) groups is 4. The second kappa shape index (κ2) is 11.4. The summed E-state index contributed by atoms with van der Waals surface area (Å²) in [4.78, 5) is 47.5. The number of nitriles is 1. The van der Waals surface area contributed by atoms with Crippen molar-refractivity contribution in [1.82, 2.24) is 4.57 Å². The van der Waals surface area contributed by atoms with E-state index < -0.39 is 54.5 Å². The molecule has 1 aromatic heterocycles. The highest BCUT2D eigenvalue weighted by Crippen LogP contribution is 2.37. The summed E-state index contributed by atoms with van der Waals surface area (Å²) >= 11 is 5.59. The predicted octanol–water partition coefficient (Wildman–Crippen LogP) is 2.27. The lowest BCUT2D eigenvalue weighted by Gasteiger charge is -2.45. The fourth-order valence-corrected chi connectivity index (χ4v) is 4.36. The van der Waals surface area contributed by atoms with Crippen LogP contribution in [-0.4, -0.2) is 59.5 Å². The van der Waals surface area contributed by atoms with Crippen molar-refractivity contribution in [3.63, 3.8) is 0 Å². The SMILES string of the molecule is CC(=O)OC[C@@H]1O[C@H](n2c(C)c(C)c(C)c(C#N)c2=S)[C@H](OC(C)=O)[C@H](OC(C)=O)[C@@H]1OC(C)=O. The van der Waals surface area contributed by atoms with Crippen LogP contribution in [0.15, 0.2) is 0 Å². The third kappa shape index (κ3) is 6.23. The van der Waals surface area contributed by atoms with Crippen LogP contribution < -0.4 is 0 Å². The van der Waals surface area contributed by atoms with Crippen LogP contribution in [0.4, 0.5) is 0 Å². The summed E-state index contributed by atoms with van der Waals surface area (Å²) in [7, 11) is 0. The highest BCUT2D eigenvalue weighted by molar-refractivity contribution is 7.71. The van der Waals surface area contributed by atoms with Crippen molar-refractivity contribution in [3.05, 3.63) is 27.0 Å². The van der Waals surface area contributed by atoms with Gasteiger partial charge in [-0.3, -0.25) is 19.2 Å². The van der Waals surface area contributed by atoms with E-state index in [4.69, 9.17) is 35.9 Å². The molecule has 1 aromatic rings. The third-order valence-electron chi connectivity index (χ3n) is 5.61. The van der Waals surface area contributed by atoms with E-state index >= 15 is 0 Å². The van der Waals surface area contributed by atoms with Gasteiger partial charge in [0, 0.05) is 33.4 Å². The van der Waals surface area contributed by atoms with Crippen LogP contribution in [0.5, 0.6) is 0 Å². The Bertz CT molecular complexity index is 1140. The van der Waals surface area contributed by atoms with Crippen LogP contribution in [0, 0.1) is 36.7 Å². The van der Waals surface area contributed by atoms with Gasteiger partial charge in [-0.2, -0.15) is 5.26 Å². The van der Waals surface area contributed by atoms with Crippen molar-refractivity contribution >= 4 is 36.1 Å². The molecule has 0 spiro atoms. The summed E-state index contributed by atoms with van der Waals surface area (Å²) in [6.07, 6.45) is -6.29. The Morgan fingerprint density at radius 3 is 1.89 bits per heavy atom. The van der Waals surface area contributed by atoms with Gasteiger partial charge in [-0.05, 0) is 31.9 Å². The maximum Gasteiger partial charge on any atom is 0.303 e. The number of esters is 4. The standard InChI is InChI=1S/C23H28N2O9S/c1-10-11(2)17(8-24)23(35)25(12(10)3)22-21(33-16(7)29)20(32-15(6)28)19(31-14(5)27)18(34-22)9-30-13(4)26/h18-22H,9H2,1-7H3/t18-,19+,20+,21+,22-/m0/s1. The molecule has 35 heavy (non-hydrogen) atoms. The Labute approximate surface area is 207 Å². The summed E-state index contributed by atoms with van der Waals surface area (Å²) in [6.45, 7) is 9.56. The molecule has 0 saturated carbocycles. The molecule has 0 aliphatic carbocycles. The van der Waals surface area contributed by atoms with Crippen LogP contribution in [0.25, 0.3) is 0 Å². The fraction of sp³-hybridized carbons (Fsp3) is 0.565. The Balaban J connectivity index is 2.81. The van der Waals surface area contributed by atoms with Crippen LogP contribution in [0.1, 0.15) is 56.3 Å². The van der Waals surface area contributed by atoms with Crippen LogP contribution in [-0.2, 0) is 42.9 Å². The maximum atomic E-state index is 12.1. The fourth-order valence-electron chi connectivity index (χ4n) is 3.92. The molecule has 0 aromatic carbocycles. The van der Waals surface area contributed by atoms with Crippen LogP contribution >= 0.6 is 12.2 Å². The average Bonchev–Trinajstić information content (AvgIpc) is 2.74. The molecule has 0 N–H and O–H groups in total. The lowest BCUT2D eigenvalue weighted by Crippen LogP contribution is -2.60. The molecule has 0 bridgehead atoms. The normalized spacial score (nSPS) is 23.5. The Morgan fingerprint density at radius 2 is 1.40 bits per heavy atom. The van der Waals surface area contributed by atoms with E-state index in [2.05, 4.69) is 6.07 Å². The van der Waals surface area contributed by atoms with Crippen molar-refractivity contribution in [2.24, 2.45) is 0 Å². The number of aromatic nitrogens is 1. The largest absolute Gasteiger partial charge is 0.463 e. The molecule has 2 rings (SSSR count). The molecule has 0 radical (unpaired) electrons. The zero-order chi connectivity index (χ0) is 26.6. The van der Waals surface area contributed by atoms with Gasteiger partial charge in [0.05, 0.1) is 5.56 Å². The molecule has 12 heteroatoms. The summed E-state index contributed by atoms with van der Waals surface area (Å²) in [5.74, 6) is -2.82. The number of rotatable bonds is 6. The van der Waals surface area contributed by atoms with E-state index in [0.29, 0.717) is 11.3 Å². The number of carbonyl (C=O) groups excluding carboxylic acids is 4.